The van der Waals surface area contributed by atoms with E-state index in [0.717, 1.165) is 34.6 Å². The highest BCUT2D eigenvalue weighted by atomic mass is 16.2. The second-order valence-corrected chi connectivity index (χ2v) is 6.66. The molecule has 7 nitrogen and oxygen atoms in total. The van der Waals surface area contributed by atoms with Crippen LogP contribution >= 0.6 is 0 Å². The van der Waals surface area contributed by atoms with Gasteiger partial charge in [-0.3, -0.25) is 20.2 Å². The van der Waals surface area contributed by atoms with Gasteiger partial charge in [-0.25, -0.2) is 0 Å². The lowest BCUT2D eigenvalue weighted by atomic mass is 10.0. The predicted octanol–water partition coefficient (Wildman–Crippen LogP) is 3.22. The molecule has 28 heavy (non-hydrogen) atoms. The number of amides is 1. The zero-order valence-corrected chi connectivity index (χ0v) is 16.5. The van der Waals surface area contributed by atoms with Crippen molar-refractivity contribution >= 4 is 23.0 Å². The molecular weight excluding hydrogens is 352 g/mol. The van der Waals surface area contributed by atoms with Gasteiger partial charge in [0.2, 0.25) is 0 Å². The van der Waals surface area contributed by atoms with Crippen LogP contribution in [0, 0.1) is 12.3 Å². The highest BCUT2D eigenvalue weighted by Gasteiger charge is 2.27. The maximum absolute atomic E-state index is 12.5. The molecule has 1 aliphatic rings. The Kier molecular flexibility index (Phi) is 5.54. The van der Waals surface area contributed by atoms with E-state index in [1.165, 1.54) is 0 Å². The zero-order chi connectivity index (χ0) is 20.3. The smallest absolute Gasteiger partial charge is 0.258 e. The van der Waals surface area contributed by atoms with Gasteiger partial charge < -0.3 is 16.0 Å². The number of anilines is 1. The number of nitrogens with zero attached hydrogens (tertiary/aromatic N) is 2. The van der Waals surface area contributed by atoms with Crippen molar-refractivity contribution < 1.29 is 4.79 Å². The highest BCUT2D eigenvalue weighted by Crippen LogP contribution is 2.35. The van der Waals surface area contributed by atoms with E-state index in [1.54, 1.807) is 31.6 Å². The van der Waals surface area contributed by atoms with Gasteiger partial charge in [0.15, 0.2) is 0 Å². The third kappa shape index (κ3) is 3.93. The average molecular weight is 376 g/mol. The lowest BCUT2D eigenvalue weighted by molar-refractivity contribution is -0.110. The lowest BCUT2D eigenvalue weighted by Crippen LogP contribution is -2.23. The molecule has 0 bridgehead atoms. The number of rotatable bonds is 5. The topological polar surface area (TPSA) is 103 Å². The van der Waals surface area contributed by atoms with Crippen LogP contribution in [-0.4, -0.2) is 28.3 Å². The fourth-order valence-electron chi connectivity index (χ4n) is 3.17. The lowest BCUT2D eigenvalue weighted by Gasteiger charge is -2.10. The molecule has 0 saturated heterocycles. The van der Waals surface area contributed by atoms with Crippen molar-refractivity contribution in [2.75, 3.05) is 11.9 Å². The first kappa shape index (κ1) is 19.3. The summed E-state index contributed by atoms with van der Waals surface area (Å²) in [6, 6.07) is 3.82. The summed E-state index contributed by atoms with van der Waals surface area (Å²) in [5, 5.41) is 17.1. The van der Waals surface area contributed by atoms with Gasteiger partial charge in [0.05, 0.1) is 23.2 Å². The van der Waals surface area contributed by atoms with E-state index in [2.05, 4.69) is 25.9 Å². The predicted molar refractivity (Wildman–Crippen MR) is 112 cm³/mol. The fraction of sp³-hybridized carbons (Fsp3) is 0.238. The monoisotopic (exact) mass is 376 g/mol. The maximum atomic E-state index is 12.5. The van der Waals surface area contributed by atoms with Crippen LogP contribution in [0.2, 0.25) is 0 Å². The summed E-state index contributed by atoms with van der Waals surface area (Å²) in [5.74, 6) is 0.00382. The molecule has 0 fully saturated rings. The molecule has 144 valence electrons. The molecule has 0 aromatic carbocycles. The van der Waals surface area contributed by atoms with Gasteiger partial charge >= 0.3 is 0 Å². The molecule has 1 amide bonds. The Morgan fingerprint density at radius 3 is 2.79 bits per heavy atom. The second kappa shape index (κ2) is 8.04. The van der Waals surface area contributed by atoms with Crippen LogP contribution in [0.1, 0.15) is 31.9 Å². The van der Waals surface area contributed by atoms with E-state index < -0.39 is 0 Å². The number of pyridine rings is 2. The minimum Gasteiger partial charge on any atom is -0.389 e. The van der Waals surface area contributed by atoms with Crippen LogP contribution in [0.3, 0.4) is 0 Å². The van der Waals surface area contributed by atoms with Crippen LogP contribution in [0.25, 0.3) is 16.8 Å². The molecule has 7 heteroatoms. The van der Waals surface area contributed by atoms with E-state index in [9.17, 15) is 4.79 Å². The van der Waals surface area contributed by atoms with Gasteiger partial charge in [-0.05, 0) is 51.5 Å². The quantitative estimate of drug-likeness (QED) is 0.364. The maximum Gasteiger partial charge on any atom is 0.258 e. The van der Waals surface area contributed by atoms with Gasteiger partial charge in [0, 0.05) is 41.5 Å². The van der Waals surface area contributed by atoms with Crippen molar-refractivity contribution in [3.8, 4) is 11.3 Å². The number of carbonyl (C=O) groups is 1. The van der Waals surface area contributed by atoms with Crippen molar-refractivity contribution in [1.82, 2.24) is 20.6 Å². The summed E-state index contributed by atoms with van der Waals surface area (Å²) < 4.78 is 0. The van der Waals surface area contributed by atoms with Crippen molar-refractivity contribution in [2.24, 2.45) is 0 Å². The van der Waals surface area contributed by atoms with Crippen LogP contribution in [0.15, 0.2) is 48.2 Å². The Morgan fingerprint density at radius 1 is 1.29 bits per heavy atom. The third-order valence-corrected chi connectivity index (χ3v) is 4.48. The van der Waals surface area contributed by atoms with E-state index in [0.29, 0.717) is 17.0 Å². The number of fused-ring (bicyclic) bond motifs is 1. The van der Waals surface area contributed by atoms with Crippen molar-refractivity contribution in [3.05, 3.63) is 59.3 Å². The molecule has 1 aliphatic heterocycles. The number of amidine groups is 1. The van der Waals surface area contributed by atoms with E-state index in [4.69, 9.17) is 5.41 Å². The number of aryl methyl sites for hydroxylation is 1. The molecule has 2 aromatic heterocycles. The molecule has 3 heterocycles. The van der Waals surface area contributed by atoms with E-state index in [1.807, 2.05) is 32.9 Å². The number of aromatic nitrogens is 2. The third-order valence-electron chi connectivity index (χ3n) is 4.48. The zero-order valence-electron chi connectivity index (χ0n) is 16.5. The molecule has 4 N–H and O–H groups in total. The Labute approximate surface area is 164 Å². The normalized spacial score (nSPS) is 15.0. The fourth-order valence-corrected chi connectivity index (χ4v) is 3.17. The summed E-state index contributed by atoms with van der Waals surface area (Å²) >= 11 is 0. The minimum atomic E-state index is -0.206. The molecule has 0 spiro atoms. The summed E-state index contributed by atoms with van der Waals surface area (Å²) in [6.45, 7) is 8.48. The Hall–Kier alpha value is -3.48. The van der Waals surface area contributed by atoms with Crippen molar-refractivity contribution in [2.45, 2.75) is 27.7 Å². The average Bonchev–Trinajstić information content (AvgIpc) is 2.97. The molecule has 0 saturated carbocycles. The summed E-state index contributed by atoms with van der Waals surface area (Å²) in [7, 11) is 0. The van der Waals surface area contributed by atoms with Crippen molar-refractivity contribution in [3.63, 3.8) is 0 Å². The van der Waals surface area contributed by atoms with Gasteiger partial charge in [-0.1, -0.05) is 0 Å². The number of hydrogen-bond acceptors (Lipinski definition) is 5. The molecule has 2 aromatic rings. The Bertz CT molecular complexity index is 1010. The first-order chi connectivity index (χ1) is 13.4. The van der Waals surface area contributed by atoms with Crippen LogP contribution in [0.4, 0.5) is 5.69 Å². The van der Waals surface area contributed by atoms with E-state index in [-0.39, 0.29) is 11.7 Å². The molecule has 0 unspecified atom stereocenters. The number of hydrogen-bond donors (Lipinski definition) is 4. The molecule has 0 atom stereocenters. The first-order valence-electron chi connectivity index (χ1n) is 9.12. The van der Waals surface area contributed by atoms with E-state index >= 15 is 0 Å². The summed E-state index contributed by atoms with van der Waals surface area (Å²) in [5.41, 5.74) is 6.18. The summed E-state index contributed by atoms with van der Waals surface area (Å²) in [4.78, 5) is 21.2. The minimum absolute atomic E-state index is 0.206. The molecule has 0 aliphatic carbocycles. The van der Waals surface area contributed by atoms with Crippen molar-refractivity contribution in [1.29, 1.82) is 5.41 Å². The summed E-state index contributed by atoms with van der Waals surface area (Å²) in [6.07, 6.45) is 6.87. The standard InChI is InChI=1S/C21H24N6O/c1-5-24-13(3)8-19(22)26-14(4)20-15-9-17(16-10-23-7-6-12(16)2)25-11-18(15)27-21(20)28/h6-11,24H,5H2,1-4H3,(H2,22,26)(H,27,28)/b13-8-,20-14-. The molecule has 3 rings (SSSR count). The molecular formula is C21H24N6O. The van der Waals surface area contributed by atoms with Crippen LogP contribution < -0.4 is 16.0 Å². The Morgan fingerprint density at radius 2 is 2.07 bits per heavy atom. The van der Waals surface area contributed by atoms with Gasteiger partial charge in [-0.15, -0.1) is 0 Å². The van der Waals surface area contributed by atoms with Crippen LogP contribution in [-0.2, 0) is 4.79 Å². The largest absolute Gasteiger partial charge is 0.389 e. The second-order valence-electron chi connectivity index (χ2n) is 6.66. The first-order valence-corrected chi connectivity index (χ1v) is 9.12. The SMILES string of the molecule is CCN/C(C)=C\C(=N)N/C(C)=C1\C(=O)Nc2cnc(-c3cnccc3C)cc21. The van der Waals surface area contributed by atoms with Gasteiger partial charge in [-0.2, -0.15) is 0 Å². The molecule has 0 radical (unpaired) electrons. The number of nitrogens with one attached hydrogen (secondary N) is 4. The van der Waals surface area contributed by atoms with Crippen LogP contribution in [0.5, 0.6) is 0 Å². The number of allylic oxidation sites excluding steroid dienone is 2. The highest BCUT2D eigenvalue weighted by molar-refractivity contribution is 6.32. The van der Waals surface area contributed by atoms with Gasteiger partial charge in [0.25, 0.3) is 5.91 Å². The number of carbonyl (C=O) groups excluding carboxylic acids is 1. The Balaban J connectivity index is 1.96. The van der Waals surface area contributed by atoms with Gasteiger partial charge in [0.1, 0.15) is 5.84 Å².